The fraction of sp³-hybridized carbons (Fsp3) is 0.174. The van der Waals surface area contributed by atoms with E-state index in [1.807, 2.05) is 26.8 Å². The van der Waals surface area contributed by atoms with E-state index < -0.39 is 0 Å². The third kappa shape index (κ3) is 5.71. The lowest BCUT2D eigenvalue weighted by Gasteiger charge is -2.13. The predicted octanol–water partition coefficient (Wildman–Crippen LogP) is 5.81. The van der Waals surface area contributed by atoms with E-state index in [2.05, 4.69) is 16.0 Å². The lowest BCUT2D eigenvalue weighted by atomic mass is 10.1. The molecule has 0 aliphatic heterocycles. The van der Waals surface area contributed by atoms with E-state index in [4.69, 9.17) is 11.6 Å². The zero-order valence-corrected chi connectivity index (χ0v) is 18.9. The second kappa shape index (κ2) is 9.76. The van der Waals surface area contributed by atoms with Gasteiger partial charge in [-0.05, 0) is 54.3 Å². The SMILES string of the molecule is Cc1ccc(NC(=O)C(C)C)cc1NC(=O)c1ccc(Cl)c(NC(=O)c2cccs2)c1. The number of anilines is 3. The molecule has 0 saturated carbocycles. The Balaban J connectivity index is 1.77. The summed E-state index contributed by atoms with van der Waals surface area (Å²) < 4.78 is 0. The molecular formula is C23H22ClN3O3S. The number of amides is 3. The van der Waals surface area contributed by atoms with Gasteiger partial charge < -0.3 is 16.0 Å². The van der Waals surface area contributed by atoms with Crippen LogP contribution in [0.25, 0.3) is 0 Å². The van der Waals surface area contributed by atoms with Gasteiger partial charge in [0.2, 0.25) is 5.91 Å². The van der Waals surface area contributed by atoms with E-state index in [-0.39, 0.29) is 23.6 Å². The molecule has 160 valence electrons. The highest BCUT2D eigenvalue weighted by molar-refractivity contribution is 7.12. The van der Waals surface area contributed by atoms with Gasteiger partial charge in [0, 0.05) is 22.9 Å². The van der Waals surface area contributed by atoms with Crippen LogP contribution in [0.3, 0.4) is 0 Å². The Bertz CT molecular complexity index is 1130. The molecule has 0 radical (unpaired) electrons. The third-order valence-corrected chi connectivity index (χ3v) is 5.70. The zero-order chi connectivity index (χ0) is 22.5. The third-order valence-electron chi connectivity index (χ3n) is 4.50. The van der Waals surface area contributed by atoms with Crippen LogP contribution in [0.1, 0.15) is 39.4 Å². The summed E-state index contributed by atoms with van der Waals surface area (Å²) in [5, 5.41) is 10.5. The average molecular weight is 456 g/mol. The topological polar surface area (TPSA) is 87.3 Å². The fourth-order valence-electron chi connectivity index (χ4n) is 2.67. The molecule has 3 aromatic rings. The maximum absolute atomic E-state index is 12.8. The highest BCUT2D eigenvalue weighted by Gasteiger charge is 2.15. The van der Waals surface area contributed by atoms with Gasteiger partial charge >= 0.3 is 0 Å². The Kier molecular flexibility index (Phi) is 7.09. The zero-order valence-electron chi connectivity index (χ0n) is 17.3. The number of halogens is 1. The number of hydrogen-bond donors (Lipinski definition) is 3. The summed E-state index contributed by atoms with van der Waals surface area (Å²) in [6.07, 6.45) is 0. The van der Waals surface area contributed by atoms with Crippen LogP contribution in [0, 0.1) is 12.8 Å². The van der Waals surface area contributed by atoms with Crippen LogP contribution < -0.4 is 16.0 Å². The number of rotatable bonds is 6. The van der Waals surface area contributed by atoms with E-state index >= 15 is 0 Å². The van der Waals surface area contributed by atoms with Crippen LogP contribution in [-0.4, -0.2) is 17.7 Å². The molecule has 0 aliphatic rings. The van der Waals surface area contributed by atoms with Crippen molar-refractivity contribution in [2.45, 2.75) is 20.8 Å². The monoisotopic (exact) mass is 455 g/mol. The largest absolute Gasteiger partial charge is 0.326 e. The fourth-order valence-corrected chi connectivity index (χ4v) is 3.45. The van der Waals surface area contributed by atoms with Crippen LogP contribution >= 0.6 is 22.9 Å². The summed E-state index contributed by atoms with van der Waals surface area (Å²) in [7, 11) is 0. The first kappa shape index (κ1) is 22.5. The molecule has 1 aromatic heterocycles. The standard InChI is InChI=1S/C23H22ClN3O3S/c1-13(2)21(28)25-16-8-6-14(3)18(12-16)26-22(29)15-7-9-17(24)19(11-15)27-23(30)20-5-4-10-31-20/h4-13H,1-3H3,(H,25,28)(H,26,29)(H,27,30). The molecule has 0 atom stereocenters. The van der Waals surface area contributed by atoms with Gasteiger partial charge in [-0.25, -0.2) is 0 Å². The van der Waals surface area contributed by atoms with Crippen molar-refractivity contribution in [3.63, 3.8) is 0 Å². The maximum atomic E-state index is 12.8. The van der Waals surface area contributed by atoms with Gasteiger partial charge in [0.25, 0.3) is 11.8 Å². The van der Waals surface area contributed by atoms with E-state index in [9.17, 15) is 14.4 Å². The van der Waals surface area contributed by atoms with Gasteiger partial charge in [-0.15, -0.1) is 11.3 Å². The smallest absolute Gasteiger partial charge is 0.265 e. The first-order chi connectivity index (χ1) is 14.7. The number of carbonyl (C=O) groups is 3. The molecule has 3 amide bonds. The van der Waals surface area contributed by atoms with E-state index in [0.29, 0.717) is 32.5 Å². The Morgan fingerprint density at radius 2 is 1.65 bits per heavy atom. The normalized spacial score (nSPS) is 10.6. The molecule has 2 aromatic carbocycles. The van der Waals surface area contributed by atoms with Crippen LogP contribution in [0.2, 0.25) is 5.02 Å². The number of aryl methyl sites for hydroxylation is 1. The number of hydrogen-bond acceptors (Lipinski definition) is 4. The molecular weight excluding hydrogens is 434 g/mol. The van der Waals surface area contributed by atoms with Crippen molar-refractivity contribution in [2.24, 2.45) is 5.92 Å². The number of benzene rings is 2. The van der Waals surface area contributed by atoms with E-state index in [1.165, 1.54) is 17.4 Å². The number of thiophene rings is 1. The van der Waals surface area contributed by atoms with Crippen molar-refractivity contribution in [2.75, 3.05) is 16.0 Å². The molecule has 0 aliphatic carbocycles. The van der Waals surface area contributed by atoms with Gasteiger partial charge in [0.15, 0.2) is 0 Å². The second-order valence-corrected chi connectivity index (χ2v) is 8.61. The van der Waals surface area contributed by atoms with Gasteiger partial charge in [0.1, 0.15) is 0 Å². The first-order valence-electron chi connectivity index (χ1n) is 9.62. The summed E-state index contributed by atoms with van der Waals surface area (Å²) in [4.78, 5) is 37.7. The number of carbonyl (C=O) groups excluding carboxylic acids is 3. The second-order valence-electron chi connectivity index (χ2n) is 7.25. The molecule has 0 saturated heterocycles. The van der Waals surface area contributed by atoms with Crippen LogP contribution in [-0.2, 0) is 4.79 Å². The molecule has 6 nitrogen and oxygen atoms in total. The summed E-state index contributed by atoms with van der Waals surface area (Å²) in [5.41, 5.74) is 2.70. The van der Waals surface area contributed by atoms with Crippen LogP contribution in [0.4, 0.5) is 17.1 Å². The molecule has 0 bridgehead atoms. The highest BCUT2D eigenvalue weighted by atomic mass is 35.5. The Hall–Kier alpha value is -3.16. The van der Waals surface area contributed by atoms with Crippen LogP contribution in [0.15, 0.2) is 53.9 Å². The molecule has 0 spiro atoms. The molecule has 8 heteroatoms. The van der Waals surface area contributed by atoms with Gasteiger partial charge in [-0.2, -0.15) is 0 Å². The highest BCUT2D eigenvalue weighted by Crippen LogP contribution is 2.26. The van der Waals surface area contributed by atoms with Gasteiger partial charge in [-0.3, -0.25) is 14.4 Å². The Morgan fingerprint density at radius 3 is 2.32 bits per heavy atom. The van der Waals surface area contributed by atoms with Crippen molar-refractivity contribution >= 4 is 57.7 Å². The van der Waals surface area contributed by atoms with Crippen LogP contribution in [0.5, 0.6) is 0 Å². The molecule has 3 rings (SSSR count). The first-order valence-corrected chi connectivity index (χ1v) is 10.9. The summed E-state index contributed by atoms with van der Waals surface area (Å²) in [6, 6.07) is 13.5. The van der Waals surface area contributed by atoms with E-state index in [0.717, 1.165) is 5.56 Å². The van der Waals surface area contributed by atoms with E-state index in [1.54, 1.807) is 41.8 Å². The Morgan fingerprint density at radius 1 is 0.903 bits per heavy atom. The van der Waals surface area contributed by atoms with Gasteiger partial charge in [0.05, 0.1) is 15.6 Å². The van der Waals surface area contributed by atoms with Crippen molar-refractivity contribution in [3.05, 3.63) is 74.9 Å². The predicted molar refractivity (Wildman–Crippen MR) is 126 cm³/mol. The summed E-state index contributed by atoms with van der Waals surface area (Å²) in [5.74, 6) is -0.918. The molecule has 31 heavy (non-hydrogen) atoms. The number of nitrogens with one attached hydrogen (secondary N) is 3. The van der Waals surface area contributed by atoms with Crippen molar-refractivity contribution < 1.29 is 14.4 Å². The summed E-state index contributed by atoms with van der Waals surface area (Å²) >= 11 is 7.52. The quantitative estimate of drug-likeness (QED) is 0.438. The Labute approximate surface area is 189 Å². The molecule has 1 heterocycles. The minimum absolute atomic E-state index is 0.107. The minimum atomic E-state index is -0.362. The molecule has 0 unspecified atom stereocenters. The minimum Gasteiger partial charge on any atom is -0.326 e. The summed E-state index contributed by atoms with van der Waals surface area (Å²) in [6.45, 7) is 5.47. The van der Waals surface area contributed by atoms with Crippen molar-refractivity contribution in [1.82, 2.24) is 0 Å². The molecule has 3 N–H and O–H groups in total. The van der Waals surface area contributed by atoms with Crippen molar-refractivity contribution in [1.29, 1.82) is 0 Å². The lowest BCUT2D eigenvalue weighted by molar-refractivity contribution is -0.118. The lowest BCUT2D eigenvalue weighted by Crippen LogP contribution is -2.18. The average Bonchev–Trinajstić information content (AvgIpc) is 3.27. The molecule has 0 fully saturated rings. The van der Waals surface area contributed by atoms with Gasteiger partial charge in [-0.1, -0.05) is 37.6 Å². The van der Waals surface area contributed by atoms with Crippen molar-refractivity contribution in [3.8, 4) is 0 Å². The maximum Gasteiger partial charge on any atom is 0.265 e.